The summed E-state index contributed by atoms with van der Waals surface area (Å²) < 4.78 is 5.40. The van der Waals surface area contributed by atoms with Crippen molar-refractivity contribution in [3.05, 3.63) is 41.5 Å². The van der Waals surface area contributed by atoms with Crippen molar-refractivity contribution in [2.24, 2.45) is 0 Å². The van der Waals surface area contributed by atoms with Crippen molar-refractivity contribution in [3.8, 4) is 5.75 Å². The van der Waals surface area contributed by atoms with Gasteiger partial charge in [-0.15, -0.1) is 0 Å². The van der Waals surface area contributed by atoms with E-state index in [1.54, 1.807) is 7.11 Å². The summed E-state index contributed by atoms with van der Waals surface area (Å²) in [6, 6.07) is 10.5. The van der Waals surface area contributed by atoms with E-state index in [4.69, 9.17) is 4.74 Å². The molecule has 0 aliphatic heterocycles. The van der Waals surface area contributed by atoms with Gasteiger partial charge in [-0.05, 0) is 31.0 Å². The van der Waals surface area contributed by atoms with Crippen LogP contribution in [0.5, 0.6) is 5.75 Å². The fraction of sp³-hybridized carbons (Fsp3) is 0.200. The standard InChI is InChI=1S/C15H15NO/c1-9-7-8-12-11-5-4-6-13(17-3)15(11)16-14(12)10(9)2/h4-8,16H,1-3H3. The van der Waals surface area contributed by atoms with Crippen LogP contribution in [-0.4, -0.2) is 12.1 Å². The molecule has 0 amide bonds. The highest BCUT2D eigenvalue weighted by atomic mass is 16.5. The lowest BCUT2D eigenvalue weighted by atomic mass is 10.1. The van der Waals surface area contributed by atoms with Gasteiger partial charge in [0.1, 0.15) is 5.75 Å². The number of aromatic nitrogens is 1. The first-order chi connectivity index (χ1) is 8.22. The summed E-state index contributed by atoms with van der Waals surface area (Å²) in [5.41, 5.74) is 4.91. The van der Waals surface area contributed by atoms with Crippen LogP contribution in [0.3, 0.4) is 0 Å². The molecule has 3 rings (SSSR count). The van der Waals surface area contributed by atoms with Crippen LogP contribution in [-0.2, 0) is 0 Å². The van der Waals surface area contributed by atoms with E-state index in [9.17, 15) is 0 Å². The molecule has 0 fully saturated rings. The summed E-state index contributed by atoms with van der Waals surface area (Å²) in [6.07, 6.45) is 0. The molecule has 2 heteroatoms. The maximum atomic E-state index is 5.40. The number of para-hydroxylation sites is 1. The van der Waals surface area contributed by atoms with Gasteiger partial charge in [0.2, 0.25) is 0 Å². The van der Waals surface area contributed by atoms with E-state index < -0.39 is 0 Å². The third kappa shape index (κ3) is 1.34. The van der Waals surface area contributed by atoms with Crippen molar-refractivity contribution in [1.82, 2.24) is 4.98 Å². The van der Waals surface area contributed by atoms with Crippen LogP contribution in [0.25, 0.3) is 21.8 Å². The molecule has 0 atom stereocenters. The Balaban J connectivity index is 2.53. The lowest BCUT2D eigenvalue weighted by Gasteiger charge is -2.00. The predicted octanol–water partition coefficient (Wildman–Crippen LogP) is 3.95. The van der Waals surface area contributed by atoms with E-state index in [-0.39, 0.29) is 0 Å². The topological polar surface area (TPSA) is 25.0 Å². The van der Waals surface area contributed by atoms with Crippen LogP contribution in [0.1, 0.15) is 11.1 Å². The summed E-state index contributed by atoms with van der Waals surface area (Å²) in [5, 5.41) is 2.49. The molecule has 0 aliphatic rings. The molecule has 2 nitrogen and oxygen atoms in total. The summed E-state index contributed by atoms with van der Waals surface area (Å²) >= 11 is 0. The molecule has 2 aromatic carbocycles. The van der Waals surface area contributed by atoms with Crippen molar-refractivity contribution in [2.45, 2.75) is 13.8 Å². The van der Waals surface area contributed by atoms with E-state index in [2.05, 4.69) is 37.0 Å². The number of hydrogen-bond donors (Lipinski definition) is 1. The van der Waals surface area contributed by atoms with Crippen molar-refractivity contribution in [2.75, 3.05) is 7.11 Å². The minimum absolute atomic E-state index is 0.899. The van der Waals surface area contributed by atoms with Gasteiger partial charge in [0.05, 0.1) is 12.6 Å². The largest absolute Gasteiger partial charge is 0.495 e. The minimum Gasteiger partial charge on any atom is -0.495 e. The fourth-order valence-corrected chi connectivity index (χ4v) is 2.38. The average Bonchev–Trinajstić information content (AvgIpc) is 2.73. The second kappa shape index (κ2) is 3.52. The number of nitrogens with one attached hydrogen (secondary N) is 1. The third-order valence-corrected chi connectivity index (χ3v) is 3.52. The van der Waals surface area contributed by atoms with E-state index in [1.807, 2.05) is 12.1 Å². The number of methoxy groups -OCH3 is 1. The van der Waals surface area contributed by atoms with Gasteiger partial charge in [0.25, 0.3) is 0 Å². The van der Waals surface area contributed by atoms with Crippen molar-refractivity contribution in [1.29, 1.82) is 0 Å². The highest BCUT2D eigenvalue weighted by Gasteiger charge is 2.10. The van der Waals surface area contributed by atoms with Crippen LogP contribution in [0.4, 0.5) is 0 Å². The first kappa shape index (κ1) is 10.2. The third-order valence-electron chi connectivity index (χ3n) is 3.52. The van der Waals surface area contributed by atoms with Crippen LogP contribution in [0.15, 0.2) is 30.3 Å². The number of benzene rings is 2. The van der Waals surface area contributed by atoms with Crippen molar-refractivity contribution >= 4 is 21.8 Å². The SMILES string of the molecule is COc1cccc2c1[nH]c1c(C)c(C)ccc12. The van der Waals surface area contributed by atoms with Gasteiger partial charge in [-0.1, -0.05) is 24.3 Å². The molecule has 0 saturated carbocycles. The van der Waals surface area contributed by atoms with Gasteiger partial charge in [-0.3, -0.25) is 0 Å². The number of aromatic amines is 1. The molecule has 0 radical (unpaired) electrons. The quantitative estimate of drug-likeness (QED) is 0.666. The number of rotatable bonds is 1. The number of hydrogen-bond acceptors (Lipinski definition) is 1. The zero-order valence-electron chi connectivity index (χ0n) is 10.3. The molecule has 0 unspecified atom stereocenters. The molecule has 0 bridgehead atoms. The number of aryl methyl sites for hydroxylation is 2. The number of H-pyrrole nitrogens is 1. The van der Waals surface area contributed by atoms with E-state index in [1.165, 1.54) is 27.4 Å². The summed E-state index contributed by atoms with van der Waals surface area (Å²) in [4.78, 5) is 3.48. The molecule has 3 aromatic rings. The maximum absolute atomic E-state index is 5.40. The van der Waals surface area contributed by atoms with E-state index in [0.29, 0.717) is 0 Å². The van der Waals surface area contributed by atoms with Crippen molar-refractivity contribution in [3.63, 3.8) is 0 Å². The van der Waals surface area contributed by atoms with Gasteiger partial charge < -0.3 is 9.72 Å². The summed E-state index contributed by atoms with van der Waals surface area (Å²) in [5.74, 6) is 0.899. The maximum Gasteiger partial charge on any atom is 0.142 e. The first-order valence-electron chi connectivity index (χ1n) is 5.77. The van der Waals surface area contributed by atoms with Crippen LogP contribution >= 0.6 is 0 Å². The Hall–Kier alpha value is -1.96. The van der Waals surface area contributed by atoms with Gasteiger partial charge >= 0.3 is 0 Å². The highest BCUT2D eigenvalue weighted by molar-refractivity contribution is 6.10. The summed E-state index contributed by atoms with van der Waals surface area (Å²) in [7, 11) is 1.71. The van der Waals surface area contributed by atoms with Crippen LogP contribution in [0, 0.1) is 13.8 Å². The second-order valence-corrected chi connectivity index (χ2v) is 4.44. The average molecular weight is 225 g/mol. The van der Waals surface area contributed by atoms with Crippen LogP contribution in [0.2, 0.25) is 0 Å². The zero-order chi connectivity index (χ0) is 12.0. The fourth-order valence-electron chi connectivity index (χ4n) is 2.38. The van der Waals surface area contributed by atoms with Gasteiger partial charge in [0.15, 0.2) is 0 Å². The van der Waals surface area contributed by atoms with Crippen molar-refractivity contribution < 1.29 is 4.74 Å². The Morgan fingerprint density at radius 1 is 0.941 bits per heavy atom. The molecular formula is C15H15NO. The molecule has 1 N–H and O–H groups in total. The van der Waals surface area contributed by atoms with E-state index >= 15 is 0 Å². The van der Waals surface area contributed by atoms with Crippen LogP contribution < -0.4 is 4.74 Å². The smallest absolute Gasteiger partial charge is 0.142 e. The molecular weight excluding hydrogens is 210 g/mol. The Bertz CT molecular complexity index is 710. The molecule has 1 heterocycles. The molecule has 1 aromatic heterocycles. The van der Waals surface area contributed by atoms with Gasteiger partial charge in [0, 0.05) is 16.3 Å². The normalized spacial score (nSPS) is 11.2. The molecule has 0 saturated heterocycles. The van der Waals surface area contributed by atoms with Gasteiger partial charge in [-0.2, -0.15) is 0 Å². The lowest BCUT2D eigenvalue weighted by Crippen LogP contribution is -1.83. The monoisotopic (exact) mass is 225 g/mol. The van der Waals surface area contributed by atoms with E-state index in [0.717, 1.165) is 11.3 Å². The second-order valence-electron chi connectivity index (χ2n) is 4.44. The molecule has 86 valence electrons. The first-order valence-corrected chi connectivity index (χ1v) is 5.77. The lowest BCUT2D eigenvalue weighted by molar-refractivity contribution is 0.419. The Labute approximate surface area is 100 Å². The Kier molecular flexibility index (Phi) is 2.11. The molecule has 0 spiro atoms. The zero-order valence-corrected chi connectivity index (χ0v) is 10.3. The van der Waals surface area contributed by atoms with Gasteiger partial charge in [-0.25, -0.2) is 0 Å². The summed E-state index contributed by atoms with van der Waals surface area (Å²) in [6.45, 7) is 4.29. The number of fused-ring (bicyclic) bond motifs is 3. The number of ether oxygens (including phenoxy) is 1. The molecule has 0 aliphatic carbocycles. The Morgan fingerprint density at radius 2 is 1.71 bits per heavy atom. The minimum atomic E-state index is 0.899. The molecule has 17 heavy (non-hydrogen) atoms. The predicted molar refractivity (Wildman–Crippen MR) is 71.8 cm³/mol. The Morgan fingerprint density at radius 3 is 2.47 bits per heavy atom. The highest BCUT2D eigenvalue weighted by Crippen LogP contribution is 2.33.